The van der Waals surface area contributed by atoms with Gasteiger partial charge >= 0.3 is 0 Å². The lowest BCUT2D eigenvalue weighted by atomic mass is 10.4. The number of aliphatic hydroxyl groups is 1. The summed E-state index contributed by atoms with van der Waals surface area (Å²) in [5, 5.41) is 9.06. The van der Waals surface area contributed by atoms with Gasteiger partial charge in [0.05, 0.1) is 27.2 Å². The van der Waals surface area contributed by atoms with Gasteiger partial charge in [-0.05, 0) is 6.42 Å². The molecule has 0 bridgehead atoms. The number of hydrogen-bond donors (Lipinski definition) is 1. The number of hydrogen-bond acceptors (Lipinski definition) is 1. The summed E-state index contributed by atoms with van der Waals surface area (Å²) in [5.41, 5.74) is 0. The SMILES string of the molecule is C[N+](C)(CCO)CCC[Si]C([Si](C)(C)C)[Si](C)(C)C. The molecule has 0 heterocycles. The van der Waals surface area contributed by atoms with Gasteiger partial charge in [-0.25, -0.2) is 0 Å². The second kappa shape index (κ2) is 7.54. The minimum atomic E-state index is -1.00. The monoisotopic (exact) mass is 318 g/mol. The van der Waals surface area contributed by atoms with E-state index in [4.69, 9.17) is 5.11 Å². The lowest BCUT2D eigenvalue weighted by Gasteiger charge is -2.38. The molecule has 0 aliphatic carbocycles. The summed E-state index contributed by atoms with van der Waals surface area (Å²) in [4.78, 5) is 1.06. The van der Waals surface area contributed by atoms with Crippen molar-refractivity contribution >= 4 is 25.7 Å². The van der Waals surface area contributed by atoms with Gasteiger partial charge in [-0.2, -0.15) is 0 Å². The molecule has 19 heavy (non-hydrogen) atoms. The normalized spacial score (nSPS) is 14.2. The van der Waals surface area contributed by atoms with Crippen LogP contribution in [0.3, 0.4) is 0 Å². The highest BCUT2D eigenvalue weighted by molar-refractivity contribution is 7.04. The van der Waals surface area contributed by atoms with Crippen LogP contribution in [0.1, 0.15) is 6.42 Å². The van der Waals surface area contributed by atoms with E-state index in [1.54, 1.807) is 0 Å². The van der Waals surface area contributed by atoms with E-state index in [0.29, 0.717) is 6.61 Å². The molecule has 0 aliphatic rings. The van der Waals surface area contributed by atoms with Crippen LogP contribution in [0.15, 0.2) is 0 Å². The Morgan fingerprint density at radius 1 is 0.947 bits per heavy atom. The highest BCUT2D eigenvalue weighted by atomic mass is 28.4. The molecule has 0 saturated heterocycles. The summed E-state index contributed by atoms with van der Waals surface area (Å²) in [6.07, 6.45) is 1.32. The molecule has 0 aromatic rings. The third kappa shape index (κ3) is 8.45. The van der Waals surface area contributed by atoms with Crippen molar-refractivity contribution in [3.63, 3.8) is 0 Å². The zero-order chi connectivity index (χ0) is 15.3. The van der Waals surface area contributed by atoms with E-state index in [2.05, 4.69) is 53.4 Å². The van der Waals surface area contributed by atoms with Gasteiger partial charge in [0.15, 0.2) is 0 Å². The molecule has 2 nitrogen and oxygen atoms in total. The first-order valence-corrected chi connectivity index (χ1v) is 16.0. The van der Waals surface area contributed by atoms with Crippen molar-refractivity contribution in [2.24, 2.45) is 0 Å². The van der Waals surface area contributed by atoms with Gasteiger partial charge in [0.1, 0.15) is 6.54 Å². The van der Waals surface area contributed by atoms with Crippen LogP contribution < -0.4 is 0 Å². The smallest absolute Gasteiger partial charge is 0.102 e. The first-order chi connectivity index (χ1) is 8.40. The third-order valence-corrected chi connectivity index (χ3v) is 19.9. The first-order valence-electron chi connectivity index (χ1n) is 7.56. The van der Waals surface area contributed by atoms with Gasteiger partial charge in [-0.1, -0.05) is 50.1 Å². The Morgan fingerprint density at radius 2 is 1.42 bits per heavy atom. The second-order valence-corrected chi connectivity index (χ2v) is 22.4. The molecule has 0 unspecified atom stereocenters. The van der Waals surface area contributed by atoms with Crippen LogP contribution in [0.5, 0.6) is 0 Å². The van der Waals surface area contributed by atoms with E-state index >= 15 is 0 Å². The highest BCUT2D eigenvalue weighted by Gasteiger charge is 2.37. The number of quaternary nitrogens is 1. The molecule has 1 N–H and O–H groups in total. The minimum absolute atomic E-state index is 0.307. The van der Waals surface area contributed by atoms with Crippen LogP contribution in [-0.2, 0) is 0 Å². The Balaban J connectivity index is 4.23. The van der Waals surface area contributed by atoms with E-state index in [1.165, 1.54) is 28.5 Å². The Kier molecular flexibility index (Phi) is 7.77. The zero-order valence-electron chi connectivity index (χ0n) is 14.5. The summed E-state index contributed by atoms with van der Waals surface area (Å²) in [5.74, 6) is 0. The van der Waals surface area contributed by atoms with Crippen molar-refractivity contribution < 1.29 is 9.59 Å². The summed E-state index contributed by atoms with van der Waals surface area (Å²) in [6, 6.07) is 1.40. The summed E-state index contributed by atoms with van der Waals surface area (Å²) >= 11 is 0. The van der Waals surface area contributed by atoms with Crippen molar-refractivity contribution in [3.05, 3.63) is 0 Å². The highest BCUT2D eigenvalue weighted by Crippen LogP contribution is 2.32. The predicted octanol–water partition coefficient (Wildman–Crippen LogP) is 3.11. The first kappa shape index (κ1) is 19.6. The molecule has 0 aliphatic heterocycles. The van der Waals surface area contributed by atoms with Crippen LogP contribution in [0.4, 0.5) is 0 Å². The zero-order valence-corrected chi connectivity index (χ0v) is 17.5. The van der Waals surface area contributed by atoms with Crippen molar-refractivity contribution in [3.8, 4) is 0 Å². The summed E-state index contributed by atoms with van der Waals surface area (Å²) in [6.45, 7) is 17.7. The average molecular weight is 319 g/mol. The summed E-state index contributed by atoms with van der Waals surface area (Å²) < 4.78 is 0.964. The Bertz CT molecular complexity index is 242. The van der Waals surface area contributed by atoms with Gasteiger partial charge in [-0.15, -0.1) is 0 Å². The van der Waals surface area contributed by atoms with Gasteiger partial charge in [-0.3, -0.25) is 0 Å². The van der Waals surface area contributed by atoms with Gasteiger partial charge in [0.2, 0.25) is 0 Å². The molecular weight excluding hydrogens is 282 g/mol. The molecule has 5 heteroatoms. The van der Waals surface area contributed by atoms with Crippen LogP contribution in [0.25, 0.3) is 0 Å². The number of nitrogens with zero attached hydrogens (tertiary/aromatic N) is 1. The summed E-state index contributed by atoms with van der Waals surface area (Å²) in [7, 11) is 3.62. The molecular formula is C14H36NOSi3+. The largest absolute Gasteiger partial charge is 0.391 e. The van der Waals surface area contributed by atoms with E-state index in [9.17, 15) is 0 Å². The van der Waals surface area contributed by atoms with Crippen LogP contribution >= 0.6 is 0 Å². The molecule has 0 amide bonds. The van der Waals surface area contributed by atoms with Crippen LogP contribution in [-0.4, -0.2) is 69.0 Å². The van der Waals surface area contributed by atoms with Gasteiger partial charge < -0.3 is 9.59 Å². The Morgan fingerprint density at radius 3 is 1.79 bits per heavy atom. The number of rotatable bonds is 9. The number of likely N-dealkylation sites (N-methyl/N-ethyl adjacent to an activating group) is 1. The molecule has 0 fully saturated rings. The molecule has 0 spiro atoms. The van der Waals surface area contributed by atoms with Crippen molar-refractivity contribution in [1.29, 1.82) is 0 Å². The Labute approximate surface area is 126 Å². The lowest BCUT2D eigenvalue weighted by Crippen LogP contribution is -2.47. The molecule has 0 saturated carbocycles. The number of aliphatic hydroxyl groups excluding tert-OH is 1. The van der Waals surface area contributed by atoms with Crippen LogP contribution in [0, 0.1) is 0 Å². The van der Waals surface area contributed by atoms with E-state index in [1.807, 2.05) is 0 Å². The fourth-order valence-corrected chi connectivity index (χ4v) is 19.9. The lowest BCUT2D eigenvalue weighted by molar-refractivity contribution is -0.890. The predicted molar refractivity (Wildman–Crippen MR) is 94.5 cm³/mol. The molecule has 0 rings (SSSR count). The quantitative estimate of drug-likeness (QED) is 0.393. The minimum Gasteiger partial charge on any atom is -0.391 e. The fraction of sp³-hybridized carbons (Fsp3) is 1.00. The van der Waals surface area contributed by atoms with E-state index < -0.39 is 16.1 Å². The van der Waals surface area contributed by atoms with E-state index in [0.717, 1.165) is 15.8 Å². The van der Waals surface area contributed by atoms with Crippen molar-refractivity contribution in [2.45, 2.75) is 56.5 Å². The topological polar surface area (TPSA) is 20.2 Å². The van der Waals surface area contributed by atoms with Crippen molar-refractivity contribution in [1.82, 2.24) is 0 Å². The molecule has 0 aromatic heterocycles. The standard InChI is InChI=1S/C14H36NOSi3/c1-15(2,11-12-16)10-9-13-17-14(18(3,4)5)19(6,7)8/h14,16H,9-13H2,1-8H3/q+1. The molecule has 0 aromatic carbocycles. The average Bonchev–Trinajstić information content (AvgIpc) is 2.12. The second-order valence-electron chi connectivity index (χ2n) is 8.58. The molecule has 114 valence electrons. The maximum atomic E-state index is 9.06. The van der Waals surface area contributed by atoms with E-state index in [-0.39, 0.29) is 0 Å². The maximum absolute atomic E-state index is 9.06. The third-order valence-electron chi connectivity index (χ3n) is 3.73. The van der Waals surface area contributed by atoms with Crippen LogP contribution in [0.2, 0.25) is 50.1 Å². The van der Waals surface area contributed by atoms with Gasteiger partial charge in [0.25, 0.3) is 0 Å². The van der Waals surface area contributed by atoms with Crippen molar-refractivity contribution in [2.75, 3.05) is 33.8 Å². The fourth-order valence-electron chi connectivity index (χ4n) is 3.05. The molecule has 2 radical (unpaired) electrons. The van der Waals surface area contributed by atoms with Gasteiger partial charge in [0, 0.05) is 25.7 Å². The maximum Gasteiger partial charge on any atom is 0.102 e. The Hall–Kier alpha value is 0.571. The molecule has 0 atom stereocenters.